The van der Waals surface area contributed by atoms with Crippen molar-refractivity contribution in [3.8, 4) is 0 Å². The highest BCUT2D eigenvalue weighted by Gasteiger charge is 2.29. The van der Waals surface area contributed by atoms with Crippen LogP contribution in [-0.4, -0.2) is 41.3 Å². The number of aromatic nitrogens is 1. The van der Waals surface area contributed by atoms with Gasteiger partial charge in [0.25, 0.3) is 5.56 Å². The molecule has 1 aliphatic heterocycles. The molecule has 0 radical (unpaired) electrons. The predicted molar refractivity (Wildman–Crippen MR) is 76.2 cm³/mol. The highest BCUT2D eigenvalue weighted by atomic mass is 16.5. The number of rotatable bonds is 4. The van der Waals surface area contributed by atoms with Crippen LogP contribution in [0.1, 0.15) is 20.3 Å². The molecule has 19 heavy (non-hydrogen) atoms. The lowest BCUT2D eigenvalue weighted by Gasteiger charge is -2.42. The molecular weight excluding hydrogens is 242 g/mol. The fraction of sp³-hybridized carbons (Fsp3) is 0.643. The zero-order chi connectivity index (χ0) is 13.9. The molecule has 5 nitrogen and oxygen atoms in total. The van der Waals surface area contributed by atoms with Gasteiger partial charge in [0.05, 0.1) is 13.2 Å². The van der Waals surface area contributed by atoms with E-state index in [1.807, 2.05) is 0 Å². The molecule has 1 fully saturated rings. The van der Waals surface area contributed by atoms with Crippen LogP contribution in [0, 0.1) is 0 Å². The summed E-state index contributed by atoms with van der Waals surface area (Å²) in [7, 11) is 0. The quantitative estimate of drug-likeness (QED) is 0.880. The number of morpholine rings is 1. The van der Waals surface area contributed by atoms with Gasteiger partial charge < -0.3 is 15.0 Å². The van der Waals surface area contributed by atoms with E-state index in [0.717, 1.165) is 32.7 Å². The number of anilines is 1. The second kappa shape index (κ2) is 5.75. The topological polar surface area (TPSA) is 60.5 Å². The molecule has 0 atom stereocenters. The second-order valence-corrected chi connectivity index (χ2v) is 5.70. The standard InChI is InChI=1S/C14H23N3O2/c1-14(2)11-19-9-8-17(14)7-3-6-16-10-12(15)4-5-13(16)18/h4-5,10H,3,6-9,11,15H2,1-2H3. The number of nitrogens with zero attached hydrogens (tertiary/aromatic N) is 2. The van der Waals surface area contributed by atoms with Crippen molar-refractivity contribution >= 4 is 5.69 Å². The van der Waals surface area contributed by atoms with Gasteiger partial charge >= 0.3 is 0 Å². The largest absolute Gasteiger partial charge is 0.398 e. The third kappa shape index (κ3) is 3.58. The van der Waals surface area contributed by atoms with E-state index in [1.165, 1.54) is 6.07 Å². The lowest BCUT2D eigenvalue weighted by molar-refractivity contribution is -0.0515. The summed E-state index contributed by atoms with van der Waals surface area (Å²) in [5, 5.41) is 0. The molecule has 5 heteroatoms. The summed E-state index contributed by atoms with van der Waals surface area (Å²) in [5.41, 5.74) is 6.42. The molecule has 2 rings (SSSR count). The van der Waals surface area contributed by atoms with Crippen LogP contribution in [0.25, 0.3) is 0 Å². The summed E-state index contributed by atoms with van der Waals surface area (Å²) in [4.78, 5) is 14.1. The van der Waals surface area contributed by atoms with Crippen LogP contribution in [0.2, 0.25) is 0 Å². The lowest BCUT2D eigenvalue weighted by atomic mass is 10.0. The third-order valence-corrected chi connectivity index (χ3v) is 3.65. The zero-order valence-electron chi connectivity index (χ0n) is 11.8. The minimum absolute atomic E-state index is 0.00966. The van der Waals surface area contributed by atoms with E-state index in [9.17, 15) is 4.79 Å². The van der Waals surface area contributed by atoms with E-state index < -0.39 is 0 Å². The molecule has 0 unspecified atom stereocenters. The van der Waals surface area contributed by atoms with Crippen LogP contribution in [0.3, 0.4) is 0 Å². The van der Waals surface area contributed by atoms with E-state index in [0.29, 0.717) is 12.2 Å². The van der Waals surface area contributed by atoms with Gasteiger partial charge in [-0.3, -0.25) is 9.69 Å². The predicted octanol–water partition coefficient (Wildman–Crippen LogP) is 0.931. The average Bonchev–Trinajstić information content (AvgIpc) is 2.35. The first-order chi connectivity index (χ1) is 8.99. The molecule has 1 aromatic heterocycles. The highest BCUT2D eigenvalue weighted by molar-refractivity contribution is 5.33. The molecule has 0 bridgehead atoms. The van der Waals surface area contributed by atoms with Crippen LogP contribution < -0.4 is 11.3 Å². The fourth-order valence-corrected chi connectivity index (χ4v) is 2.46. The van der Waals surface area contributed by atoms with Crippen molar-refractivity contribution in [2.75, 3.05) is 32.0 Å². The van der Waals surface area contributed by atoms with Crippen molar-refractivity contribution in [2.24, 2.45) is 0 Å². The molecule has 0 aromatic carbocycles. The van der Waals surface area contributed by atoms with Gasteiger partial charge in [-0.2, -0.15) is 0 Å². The summed E-state index contributed by atoms with van der Waals surface area (Å²) in [6.45, 7) is 8.58. The Morgan fingerprint density at radius 2 is 2.16 bits per heavy atom. The van der Waals surface area contributed by atoms with Crippen LogP contribution in [0.15, 0.2) is 23.1 Å². The maximum absolute atomic E-state index is 11.7. The number of hydrogen-bond donors (Lipinski definition) is 1. The number of pyridine rings is 1. The van der Waals surface area contributed by atoms with E-state index >= 15 is 0 Å². The van der Waals surface area contributed by atoms with Crippen molar-refractivity contribution in [3.05, 3.63) is 28.7 Å². The number of nitrogen functional groups attached to an aromatic ring is 1. The fourth-order valence-electron chi connectivity index (χ4n) is 2.46. The van der Waals surface area contributed by atoms with E-state index in [-0.39, 0.29) is 11.1 Å². The van der Waals surface area contributed by atoms with Crippen molar-refractivity contribution in [1.29, 1.82) is 0 Å². The van der Waals surface area contributed by atoms with Gasteiger partial charge in [-0.25, -0.2) is 0 Å². The number of ether oxygens (including phenoxy) is 1. The monoisotopic (exact) mass is 265 g/mol. The van der Waals surface area contributed by atoms with Crippen molar-refractivity contribution in [3.63, 3.8) is 0 Å². The molecule has 2 heterocycles. The van der Waals surface area contributed by atoms with Gasteiger partial charge in [-0.15, -0.1) is 0 Å². The van der Waals surface area contributed by atoms with Crippen molar-refractivity contribution in [2.45, 2.75) is 32.4 Å². The van der Waals surface area contributed by atoms with E-state index in [4.69, 9.17) is 10.5 Å². The first-order valence-electron chi connectivity index (χ1n) is 6.78. The zero-order valence-corrected chi connectivity index (χ0v) is 11.8. The highest BCUT2D eigenvalue weighted by Crippen LogP contribution is 2.18. The molecule has 1 aromatic rings. The summed E-state index contributed by atoms with van der Waals surface area (Å²) in [6.07, 6.45) is 2.65. The summed E-state index contributed by atoms with van der Waals surface area (Å²) in [6, 6.07) is 3.16. The minimum Gasteiger partial charge on any atom is -0.398 e. The Kier molecular flexibility index (Phi) is 4.27. The Morgan fingerprint density at radius 1 is 1.37 bits per heavy atom. The lowest BCUT2D eigenvalue weighted by Crippen LogP contribution is -2.53. The summed E-state index contributed by atoms with van der Waals surface area (Å²) < 4.78 is 7.18. The maximum Gasteiger partial charge on any atom is 0.250 e. The van der Waals surface area contributed by atoms with Crippen LogP contribution >= 0.6 is 0 Å². The smallest absolute Gasteiger partial charge is 0.250 e. The molecule has 1 saturated heterocycles. The SMILES string of the molecule is CC1(C)COCCN1CCCn1cc(N)ccc1=O. The Balaban J connectivity index is 1.89. The molecule has 0 aliphatic carbocycles. The Hall–Kier alpha value is -1.33. The van der Waals surface area contributed by atoms with Crippen LogP contribution in [-0.2, 0) is 11.3 Å². The van der Waals surface area contributed by atoms with Gasteiger partial charge in [0.1, 0.15) is 0 Å². The Morgan fingerprint density at radius 3 is 2.89 bits per heavy atom. The van der Waals surface area contributed by atoms with Crippen LogP contribution in [0.4, 0.5) is 5.69 Å². The first-order valence-corrected chi connectivity index (χ1v) is 6.78. The molecule has 1 aliphatic rings. The minimum atomic E-state index is 0.00966. The molecule has 2 N–H and O–H groups in total. The van der Waals surface area contributed by atoms with Gasteiger partial charge in [-0.05, 0) is 26.3 Å². The van der Waals surface area contributed by atoms with Gasteiger partial charge in [-0.1, -0.05) is 0 Å². The van der Waals surface area contributed by atoms with E-state index in [2.05, 4.69) is 18.7 Å². The number of hydrogen-bond acceptors (Lipinski definition) is 4. The number of nitrogens with two attached hydrogens (primary N) is 1. The second-order valence-electron chi connectivity index (χ2n) is 5.70. The van der Waals surface area contributed by atoms with Crippen molar-refractivity contribution < 1.29 is 4.74 Å². The van der Waals surface area contributed by atoms with Crippen molar-refractivity contribution in [1.82, 2.24) is 9.47 Å². The molecule has 106 valence electrons. The molecular formula is C14H23N3O2. The van der Waals surface area contributed by atoms with Crippen LogP contribution in [0.5, 0.6) is 0 Å². The Bertz CT molecular complexity index is 482. The average molecular weight is 265 g/mol. The van der Waals surface area contributed by atoms with Gasteiger partial charge in [0.15, 0.2) is 0 Å². The summed E-state index contributed by atoms with van der Waals surface area (Å²) >= 11 is 0. The third-order valence-electron chi connectivity index (χ3n) is 3.65. The number of aryl methyl sites for hydroxylation is 1. The summed E-state index contributed by atoms with van der Waals surface area (Å²) in [5.74, 6) is 0. The van der Waals surface area contributed by atoms with E-state index in [1.54, 1.807) is 16.8 Å². The maximum atomic E-state index is 11.7. The normalized spacial score (nSPS) is 19.5. The first kappa shape index (κ1) is 14.1. The van der Waals surface area contributed by atoms with Gasteiger partial charge in [0.2, 0.25) is 0 Å². The molecule has 0 amide bonds. The Labute approximate surface area is 114 Å². The van der Waals surface area contributed by atoms with Gasteiger partial charge in [0, 0.05) is 43.1 Å². The molecule has 0 saturated carbocycles. The molecule has 0 spiro atoms.